The zero-order chi connectivity index (χ0) is 16.4. The van der Waals surface area contributed by atoms with Crippen LogP contribution in [0.3, 0.4) is 0 Å². The molecule has 0 unspecified atom stereocenters. The summed E-state index contributed by atoms with van der Waals surface area (Å²) in [6.45, 7) is 5.46. The number of carbonyl (C=O) groups is 1. The van der Waals surface area contributed by atoms with Crippen LogP contribution in [0.15, 0.2) is 42.7 Å². The fraction of sp³-hybridized carbons (Fsp3) is 0.235. The fourth-order valence-electron chi connectivity index (χ4n) is 2.46. The van der Waals surface area contributed by atoms with Gasteiger partial charge in [-0.2, -0.15) is 10.2 Å². The smallest absolute Gasteiger partial charge is 0.335 e. The minimum Gasteiger partial charge on any atom is -0.478 e. The highest BCUT2D eigenvalue weighted by Gasteiger charge is 2.10. The lowest BCUT2D eigenvalue weighted by Gasteiger charge is -2.02. The fourth-order valence-corrected chi connectivity index (χ4v) is 2.46. The predicted molar refractivity (Wildman–Crippen MR) is 86.4 cm³/mol. The molecule has 2 heterocycles. The molecule has 0 saturated heterocycles. The molecule has 118 valence electrons. The monoisotopic (exact) mass is 310 g/mol. The number of benzene rings is 1. The number of aryl methyl sites for hydroxylation is 2. The van der Waals surface area contributed by atoms with Crippen molar-refractivity contribution in [1.29, 1.82) is 0 Å². The van der Waals surface area contributed by atoms with Crippen LogP contribution in [0.1, 0.15) is 28.5 Å². The lowest BCUT2D eigenvalue weighted by molar-refractivity contribution is 0.0697. The van der Waals surface area contributed by atoms with Crippen LogP contribution in [0.4, 0.5) is 0 Å². The first-order valence-electron chi connectivity index (χ1n) is 7.47. The SMILES string of the molecule is CCn1cc(-c2ccn(Cc3ccc(C(=O)O)cc3)n2)c(C)n1. The first-order valence-corrected chi connectivity index (χ1v) is 7.47. The molecule has 3 aromatic rings. The van der Waals surface area contributed by atoms with Gasteiger partial charge in [-0.05, 0) is 37.6 Å². The molecule has 6 nitrogen and oxygen atoms in total. The van der Waals surface area contributed by atoms with Crippen molar-refractivity contribution >= 4 is 5.97 Å². The molecule has 23 heavy (non-hydrogen) atoms. The van der Waals surface area contributed by atoms with Gasteiger partial charge in [-0.3, -0.25) is 9.36 Å². The number of carboxylic acids is 1. The van der Waals surface area contributed by atoms with Crippen molar-refractivity contribution in [2.24, 2.45) is 0 Å². The molecule has 0 amide bonds. The van der Waals surface area contributed by atoms with Crippen molar-refractivity contribution < 1.29 is 9.90 Å². The standard InChI is InChI=1S/C17H18N4O2/c1-3-20-11-15(12(2)18-20)16-8-9-21(19-16)10-13-4-6-14(7-5-13)17(22)23/h4-9,11H,3,10H2,1-2H3,(H,22,23). The van der Waals surface area contributed by atoms with Crippen molar-refractivity contribution in [3.63, 3.8) is 0 Å². The van der Waals surface area contributed by atoms with Gasteiger partial charge >= 0.3 is 5.97 Å². The Kier molecular flexibility index (Phi) is 3.97. The molecule has 0 fully saturated rings. The Morgan fingerprint density at radius 1 is 1.13 bits per heavy atom. The van der Waals surface area contributed by atoms with E-state index in [4.69, 9.17) is 5.11 Å². The summed E-state index contributed by atoms with van der Waals surface area (Å²) in [5.41, 5.74) is 4.18. The molecule has 2 aromatic heterocycles. The van der Waals surface area contributed by atoms with Crippen molar-refractivity contribution in [2.75, 3.05) is 0 Å². The highest BCUT2D eigenvalue weighted by molar-refractivity contribution is 5.87. The number of hydrogen-bond donors (Lipinski definition) is 1. The van der Waals surface area contributed by atoms with Gasteiger partial charge in [0.2, 0.25) is 0 Å². The number of aromatic carboxylic acids is 1. The summed E-state index contributed by atoms with van der Waals surface area (Å²) in [7, 11) is 0. The molecular formula is C17H18N4O2. The van der Waals surface area contributed by atoms with Crippen LogP contribution >= 0.6 is 0 Å². The highest BCUT2D eigenvalue weighted by atomic mass is 16.4. The maximum atomic E-state index is 10.9. The second-order valence-electron chi connectivity index (χ2n) is 5.38. The number of aromatic nitrogens is 4. The van der Waals surface area contributed by atoms with Gasteiger partial charge in [0.05, 0.1) is 23.5 Å². The van der Waals surface area contributed by atoms with Crippen LogP contribution in [0.25, 0.3) is 11.3 Å². The van der Waals surface area contributed by atoms with E-state index < -0.39 is 5.97 Å². The average Bonchev–Trinajstić information content (AvgIpc) is 3.14. The van der Waals surface area contributed by atoms with Crippen LogP contribution in [-0.2, 0) is 13.1 Å². The summed E-state index contributed by atoms with van der Waals surface area (Å²) < 4.78 is 3.74. The van der Waals surface area contributed by atoms with Crippen LogP contribution in [0.5, 0.6) is 0 Å². The Balaban J connectivity index is 1.79. The van der Waals surface area contributed by atoms with Gasteiger partial charge in [-0.1, -0.05) is 12.1 Å². The van der Waals surface area contributed by atoms with E-state index in [1.165, 1.54) is 0 Å². The third kappa shape index (κ3) is 3.15. The summed E-state index contributed by atoms with van der Waals surface area (Å²) >= 11 is 0. The molecule has 3 rings (SSSR count). The second-order valence-corrected chi connectivity index (χ2v) is 5.38. The first kappa shape index (κ1) is 15.0. The molecule has 0 atom stereocenters. The Labute approximate surface area is 134 Å². The normalized spacial score (nSPS) is 10.9. The van der Waals surface area contributed by atoms with Gasteiger partial charge in [-0.15, -0.1) is 0 Å². The molecule has 0 spiro atoms. The Morgan fingerprint density at radius 3 is 2.48 bits per heavy atom. The van der Waals surface area contributed by atoms with E-state index in [0.717, 1.165) is 29.1 Å². The summed E-state index contributed by atoms with van der Waals surface area (Å²) in [6.07, 6.45) is 3.92. The molecular weight excluding hydrogens is 292 g/mol. The molecule has 0 bridgehead atoms. The van der Waals surface area contributed by atoms with Crippen LogP contribution in [-0.4, -0.2) is 30.6 Å². The van der Waals surface area contributed by atoms with Gasteiger partial charge in [0.1, 0.15) is 0 Å². The van der Waals surface area contributed by atoms with E-state index >= 15 is 0 Å². The number of carboxylic acid groups (broad SMARTS) is 1. The van der Waals surface area contributed by atoms with Crippen molar-refractivity contribution in [3.05, 3.63) is 59.5 Å². The highest BCUT2D eigenvalue weighted by Crippen LogP contribution is 2.20. The Morgan fingerprint density at radius 2 is 1.87 bits per heavy atom. The summed E-state index contributed by atoms with van der Waals surface area (Å²) in [5, 5.41) is 17.9. The number of nitrogens with zero attached hydrogens (tertiary/aromatic N) is 4. The maximum absolute atomic E-state index is 10.9. The van der Waals surface area contributed by atoms with Gasteiger partial charge < -0.3 is 5.11 Å². The van der Waals surface area contributed by atoms with E-state index in [1.54, 1.807) is 12.1 Å². The van der Waals surface area contributed by atoms with Crippen molar-refractivity contribution in [3.8, 4) is 11.3 Å². The molecule has 0 radical (unpaired) electrons. The zero-order valence-electron chi connectivity index (χ0n) is 13.1. The predicted octanol–water partition coefficient (Wildman–Crippen LogP) is 2.82. The van der Waals surface area contributed by atoms with Crippen molar-refractivity contribution in [2.45, 2.75) is 26.9 Å². The Bertz CT molecular complexity index is 831. The van der Waals surface area contributed by atoms with E-state index in [2.05, 4.69) is 17.1 Å². The Hall–Kier alpha value is -2.89. The lowest BCUT2D eigenvalue weighted by Crippen LogP contribution is -2.02. The third-order valence-corrected chi connectivity index (χ3v) is 3.73. The number of rotatable bonds is 5. The second kappa shape index (κ2) is 6.08. The molecule has 0 saturated carbocycles. The summed E-state index contributed by atoms with van der Waals surface area (Å²) in [4.78, 5) is 10.9. The van der Waals surface area contributed by atoms with Gasteiger partial charge in [0.25, 0.3) is 0 Å². The van der Waals surface area contributed by atoms with Crippen LogP contribution < -0.4 is 0 Å². The lowest BCUT2D eigenvalue weighted by atomic mass is 10.1. The third-order valence-electron chi connectivity index (χ3n) is 3.73. The van der Waals surface area contributed by atoms with E-state index in [0.29, 0.717) is 6.54 Å². The van der Waals surface area contributed by atoms with Gasteiger partial charge in [-0.25, -0.2) is 4.79 Å². The van der Waals surface area contributed by atoms with Gasteiger partial charge in [0, 0.05) is 24.5 Å². The molecule has 1 N–H and O–H groups in total. The zero-order valence-corrected chi connectivity index (χ0v) is 13.1. The minimum absolute atomic E-state index is 0.289. The topological polar surface area (TPSA) is 72.9 Å². The first-order chi connectivity index (χ1) is 11.1. The largest absolute Gasteiger partial charge is 0.478 e. The van der Waals surface area contributed by atoms with E-state index in [-0.39, 0.29) is 5.56 Å². The van der Waals surface area contributed by atoms with Crippen LogP contribution in [0.2, 0.25) is 0 Å². The maximum Gasteiger partial charge on any atom is 0.335 e. The minimum atomic E-state index is -0.915. The molecule has 6 heteroatoms. The van der Waals surface area contributed by atoms with E-state index in [1.807, 2.05) is 46.9 Å². The number of hydrogen-bond acceptors (Lipinski definition) is 3. The average molecular weight is 310 g/mol. The summed E-state index contributed by atoms with van der Waals surface area (Å²) in [6, 6.07) is 8.81. The van der Waals surface area contributed by atoms with Crippen LogP contribution in [0, 0.1) is 6.92 Å². The molecule has 0 aliphatic carbocycles. The molecule has 0 aliphatic rings. The molecule has 0 aliphatic heterocycles. The van der Waals surface area contributed by atoms with Crippen molar-refractivity contribution in [1.82, 2.24) is 19.6 Å². The van der Waals surface area contributed by atoms with E-state index in [9.17, 15) is 4.79 Å². The molecule has 1 aromatic carbocycles. The van der Waals surface area contributed by atoms with Gasteiger partial charge in [0.15, 0.2) is 0 Å². The quantitative estimate of drug-likeness (QED) is 0.786. The summed E-state index contributed by atoms with van der Waals surface area (Å²) in [5.74, 6) is -0.915.